The molecule has 0 spiro atoms. The van der Waals surface area contributed by atoms with Gasteiger partial charge in [0.2, 0.25) is 0 Å². The first-order valence-corrected chi connectivity index (χ1v) is 11.2. The van der Waals surface area contributed by atoms with Gasteiger partial charge in [-0.25, -0.2) is 4.39 Å². The van der Waals surface area contributed by atoms with Gasteiger partial charge in [-0.05, 0) is 53.4 Å². The van der Waals surface area contributed by atoms with E-state index in [9.17, 15) is 4.39 Å². The summed E-state index contributed by atoms with van der Waals surface area (Å²) >= 11 is 0. The van der Waals surface area contributed by atoms with E-state index in [0.717, 1.165) is 60.9 Å². The lowest BCUT2D eigenvalue weighted by atomic mass is 9.97. The zero-order chi connectivity index (χ0) is 21.9. The molecule has 2 aliphatic rings. The summed E-state index contributed by atoms with van der Waals surface area (Å²) in [6.45, 7) is 6.32. The first-order chi connectivity index (χ1) is 15.7. The summed E-state index contributed by atoms with van der Waals surface area (Å²) in [6.07, 6.45) is 0.938. The quantitative estimate of drug-likeness (QED) is 0.542. The third-order valence-electron chi connectivity index (χ3n) is 6.14. The largest absolute Gasteiger partial charge is 0.488 e. The van der Waals surface area contributed by atoms with Crippen LogP contribution in [0.2, 0.25) is 0 Å². The number of hydrogen-bond donors (Lipinski definition) is 0. The van der Waals surface area contributed by atoms with Crippen LogP contribution in [0, 0.1) is 12.7 Å². The Hall–Kier alpha value is -2.89. The van der Waals surface area contributed by atoms with E-state index in [-0.39, 0.29) is 11.9 Å². The molecule has 3 aromatic carbocycles. The second kappa shape index (κ2) is 9.31. The minimum atomic E-state index is -0.209. The highest BCUT2D eigenvalue weighted by Crippen LogP contribution is 2.40. The third-order valence-corrected chi connectivity index (χ3v) is 6.14. The molecule has 1 unspecified atom stereocenters. The van der Waals surface area contributed by atoms with Crippen molar-refractivity contribution in [3.63, 3.8) is 0 Å². The first-order valence-electron chi connectivity index (χ1n) is 11.2. The summed E-state index contributed by atoms with van der Waals surface area (Å²) in [5, 5.41) is 0. The zero-order valence-corrected chi connectivity index (χ0v) is 18.4. The molecule has 0 aliphatic carbocycles. The van der Waals surface area contributed by atoms with Gasteiger partial charge < -0.3 is 14.2 Å². The summed E-state index contributed by atoms with van der Waals surface area (Å²) < 4.78 is 31.5. The summed E-state index contributed by atoms with van der Waals surface area (Å²) in [6, 6.07) is 19.5. The molecule has 1 fully saturated rings. The Kier molecular flexibility index (Phi) is 6.10. The van der Waals surface area contributed by atoms with Crippen LogP contribution in [0.15, 0.2) is 60.7 Å². The Labute approximate surface area is 188 Å². The van der Waals surface area contributed by atoms with Gasteiger partial charge in [0.15, 0.2) is 11.5 Å². The summed E-state index contributed by atoms with van der Waals surface area (Å²) in [7, 11) is 0. The summed E-state index contributed by atoms with van der Waals surface area (Å²) in [4.78, 5) is 2.34. The van der Waals surface area contributed by atoms with Crippen LogP contribution in [0.5, 0.6) is 11.5 Å². The Bertz CT molecular complexity index is 1080. The van der Waals surface area contributed by atoms with Crippen LogP contribution in [0.1, 0.15) is 23.1 Å². The monoisotopic (exact) mass is 433 g/mol. The molecule has 166 valence electrons. The van der Waals surface area contributed by atoms with Crippen molar-refractivity contribution in [1.29, 1.82) is 0 Å². The molecule has 0 radical (unpaired) electrons. The minimum Gasteiger partial charge on any atom is -0.488 e. The Morgan fingerprint density at radius 3 is 2.69 bits per heavy atom. The smallest absolute Gasteiger partial charge is 0.165 e. The topological polar surface area (TPSA) is 30.9 Å². The molecule has 0 N–H and O–H groups in total. The summed E-state index contributed by atoms with van der Waals surface area (Å²) in [5.41, 5.74) is 5.74. The molecule has 32 heavy (non-hydrogen) atoms. The molecule has 0 saturated carbocycles. The Morgan fingerprint density at radius 2 is 1.91 bits per heavy atom. The molecule has 0 bridgehead atoms. The van der Waals surface area contributed by atoms with Gasteiger partial charge in [-0.2, -0.15) is 0 Å². The van der Waals surface area contributed by atoms with E-state index in [1.54, 1.807) is 0 Å². The molecule has 2 heterocycles. The van der Waals surface area contributed by atoms with Crippen molar-refractivity contribution in [2.24, 2.45) is 0 Å². The Morgan fingerprint density at radius 1 is 1.06 bits per heavy atom. The SMILES string of the molecule is Cc1ccccc1-c1cc2c(c(OC3CCOC3)c1)OCCN(Cc1ccc(F)cc1)C2. The van der Waals surface area contributed by atoms with Gasteiger partial charge in [0.05, 0.1) is 13.2 Å². The van der Waals surface area contributed by atoms with E-state index in [2.05, 4.69) is 48.2 Å². The number of rotatable bonds is 5. The van der Waals surface area contributed by atoms with Crippen molar-refractivity contribution >= 4 is 0 Å². The number of nitrogens with zero attached hydrogens (tertiary/aromatic N) is 1. The molecule has 0 amide bonds. The first kappa shape index (κ1) is 21.0. The van der Waals surface area contributed by atoms with Crippen LogP contribution >= 0.6 is 0 Å². The van der Waals surface area contributed by atoms with Crippen molar-refractivity contribution in [3.05, 3.63) is 83.2 Å². The van der Waals surface area contributed by atoms with E-state index in [1.165, 1.54) is 23.3 Å². The van der Waals surface area contributed by atoms with Crippen molar-refractivity contribution in [2.75, 3.05) is 26.4 Å². The third kappa shape index (κ3) is 4.64. The molecule has 5 heteroatoms. The van der Waals surface area contributed by atoms with Gasteiger partial charge >= 0.3 is 0 Å². The summed E-state index contributed by atoms with van der Waals surface area (Å²) in [5.74, 6) is 1.41. The van der Waals surface area contributed by atoms with E-state index in [1.807, 2.05) is 12.1 Å². The van der Waals surface area contributed by atoms with Crippen molar-refractivity contribution in [2.45, 2.75) is 32.5 Å². The van der Waals surface area contributed by atoms with Crippen LogP contribution in [0.25, 0.3) is 11.1 Å². The lowest BCUT2D eigenvalue weighted by molar-refractivity contribution is 0.137. The predicted molar refractivity (Wildman–Crippen MR) is 122 cm³/mol. The number of fused-ring (bicyclic) bond motifs is 1. The fourth-order valence-corrected chi connectivity index (χ4v) is 4.45. The standard InChI is InChI=1S/C27H28FNO3/c1-19-4-2-3-5-25(19)21-14-22-17-29(16-20-6-8-23(28)9-7-20)11-13-31-27(22)26(15-21)32-24-10-12-30-18-24/h2-9,14-15,24H,10-13,16-18H2,1H3. The molecule has 5 rings (SSSR count). The zero-order valence-electron chi connectivity index (χ0n) is 18.4. The maximum atomic E-state index is 13.3. The fraction of sp³-hybridized carbons (Fsp3) is 0.333. The van der Waals surface area contributed by atoms with Crippen molar-refractivity contribution < 1.29 is 18.6 Å². The van der Waals surface area contributed by atoms with Crippen LogP contribution in [0.4, 0.5) is 4.39 Å². The average molecular weight is 434 g/mol. The van der Waals surface area contributed by atoms with Gasteiger partial charge in [0.25, 0.3) is 0 Å². The van der Waals surface area contributed by atoms with Gasteiger partial charge in [-0.1, -0.05) is 36.4 Å². The maximum Gasteiger partial charge on any atom is 0.165 e. The fourth-order valence-electron chi connectivity index (χ4n) is 4.45. The van der Waals surface area contributed by atoms with Crippen molar-refractivity contribution in [1.82, 2.24) is 4.90 Å². The molecule has 4 nitrogen and oxygen atoms in total. The number of aryl methyl sites for hydroxylation is 1. The normalized spacial score (nSPS) is 18.6. The van der Waals surface area contributed by atoms with Gasteiger partial charge in [-0.3, -0.25) is 4.90 Å². The van der Waals surface area contributed by atoms with Gasteiger partial charge in [0.1, 0.15) is 18.5 Å². The second-order valence-corrected chi connectivity index (χ2v) is 8.57. The van der Waals surface area contributed by atoms with Crippen LogP contribution in [-0.4, -0.2) is 37.4 Å². The van der Waals surface area contributed by atoms with Crippen LogP contribution < -0.4 is 9.47 Å². The van der Waals surface area contributed by atoms with E-state index < -0.39 is 0 Å². The molecule has 1 saturated heterocycles. The minimum absolute atomic E-state index is 0.0494. The van der Waals surface area contributed by atoms with E-state index in [0.29, 0.717) is 13.2 Å². The molecule has 2 aliphatic heterocycles. The number of hydrogen-bond acceptors (Lipinski definition) is 4. The lowest BCUT2D eigenvalue weighted by Gasteiger charge is -2.21. The maximum absolute atomic E-state index is 13.3. The average Bonchev–Trinajstić information content (AvgIpc) is 3.21. The molecule has 0 aromatic heterocycles. The number of halogens is 1. The molecular formula is C27H28FNO3. The van der Waals surface area contributed by atoms with Crippen molar-refractivity contribution in [3.8, 4) is 22.6 Å². The molecular weight excluding hydrogens is 405 g/mol. The predicted octanol–water partition coefficient (Wildman–Crippen LogP) is 5.36. The van der Waals surface area contributed by atoms with Gasteiger partial charge in [0, 0.05) is 31.6 Å². The van der Waals surface area contributed by atoms with Crippen LogP contribution in [0.3, 0.4) is 0 Å². The number of ether oxygens (including phenoxy) is 3. The van der Waals surface area contributed by atoms with Crippen LogP contribution in [-0.2, 0) is 17.8 Å². The van der Waals surface area contributed by atoms with Gasteiger partial charge in [-0.15, -0.1) is 0 Å². The highest BCUT2D eigenvalue weighted by Gasteiger charge is 2.25. The number of benzene rings is 3. The Balaban J connectivity index is 1.49. The van der Waals surface area contributed by atoms with E-state index >= 15 is 0 Å². The van der Waals surface area contributed by atoms with E-state index in [4.69, 9.17) is 14.2 Å². The lowest BCUT2D eigenvalue weighted by Crippen LogP contribution is -2.25. The molecule has 3 aromatic rings. The highest BCUT2D eigenvalue weighted by atomic mass is 19.1. The molecule has 1 atom stereocenters. The second-order valence-electron chi connectivity index (χ2n) is 8.57. The highest BCUT2D eigenvalue weighted by molar-refractivity contribution is 5.72.